The minimum atomic E-state index is -0.477. The Morgan fingerprint density at radius 2 is 2.04 bits per heavy atom. The molecule has 0 unspecified atom stereocenters. The van der Waals surface area contributed by atoms with Crippen LogP contribution in [0, 0.1) is 17.0 Å². The summed E-state index contributed by atoms with van der Waals surface area (Å²) in [5.41, 5.74) is 7.94. The van der Waals surface area contributed by atoms with E-state index >= 15 is 0 Å². The molecule has 0 saturated heterocycles. The number of nitro benzene ring substituents is 1. The second-order valence-electron chi connectivity index (χ2n) is 5.34. The predicted molar refractivity (Wildman–Crippen MR) is 87.5 cm³/mol. The maximum Gasteiger partial charge on any atom is 0.270 e. The van der Waals surface area contributed by atoms with Crippen molar-refractivity contribution in [3.05, 3.63) is 52.3 Å². The first-order chi connectivity index (χ1) is 12.0. The van der Waals surface area contributed by atoms with E-state index in [1.807, 2.05) is 0 Å². The molecule has 0 bridgehead atoms. The molecule has 10 heteroatoms. The van der Waals surface area contributed by atoms with Gasteiger partial charge in [-0.2, -0.15) is 14.6 Å². The van der Waals surface area contributed by atoms with E-state index in [4.69, 9.17) is 10.3 Å². The summed E-state index contributed by atoms with van der Waals surface area (Å²) in [7, 11) is 0. The van der Waals surface area contributed by atoms with Crippen LogP contribution in [-0.4, -0.2) is 29.7 Å². The predicted octanol–water partition coefficient (Wildman–Crippen LogP) is 2.25. The fourth-order valence-electron chi connectivity index (χ4n) is 2.41. The number of non-ortho nitro benzene ring substituents is 1. The van der Waals surface area contributed by atoms with Gasteiger partial charge >= 0.3 is 0 Å². The summed E-state index contributed by atoms with van der Waals surface area (Å²) >= 11 is 0. The lowest BCUT2D eigenvalue weighted by molar-refractivity contribution is -0.384. The van der Waals surface area contributed by atoms with Crippen molar-refractivity contribution >= 4 is 17.3 Å². The number of hydrogen-bond donors (Lipinski definition) is 1. The van der Waals surface area contributed by atoms with Gasteiger partial charge in [0.05, 0.1) is 4.92 Å². The second kappa shape index (κ2) is 5.37. The van der Waals surface area contributed by atoms with E-state index in [1.165, 1.54) is 16.6 Å². The number of nitrogen functional groups attached to an aromatic ring is 1. The highest BCUT2D eigenvalue weighted by atomic mass is 16.6. The molecule has 124 valence electrons. The van der Waals surface area contributed by atoms with Gasteiger partial charge in [0.15, 0.2) is 11.5 Å². The Morgan fingerprint density at radius 1 is 1.20 bits per heavy atom. The van der Waals surface area contributed by atoms with Crippen molar-refractivity contribution in [3.63, 3.8) is 0 Å². The number of aromatic nitrogens is 5. The Hall–Kier alpha value is -3.82. The molecule has 0 saturated carbocycles. The summed E-state index contributed by atoms with van der Waals surface area (Å²) in [6, 6.07) is 9.47. The lowest BCUT2D eigenvalue weighted by atomic mass is 10.2. The monoisotopic (exact) mass is 337 g/mol. The lowest BCUT2D eigenvalue weighted by Gasteiger charge is -2.03. The maximum atomic E-state index is 10.9. The van der Waals surface area contributed by atoms with Crippen LogP contribution in [0.15, 0.2) is 40.9 Å². The maximum absolute atomic E-state index is 10.9. The number of anilines is 1. The molecule has 3 aromatic heterocycles. The second-order valence-corrected chi connectivity index (χ2v) is 5.34. The van der Waals surface area contributed by atoms with Gasteiger partial charge in [-0.05, 0) is 6.92 Å². The first kappa shape index (κ1) is 14.8. The number of rotatable bonds is 3. The molecule has 4 rings (SSSR count). The van der Waals surface area contributed by atoms with E-state index in [2.05, 4.69) is 20.2 Å². The Kier molecular flexibility index (Phi) is 3.17. The minimum absolute atomic E-state index is 0.0492. The van der Waals surface area contributed by atoms with Crippen LogP contribution in [-0.2, 0) is 0 Å². The number of nitro groups is 1. The third-order valence-electron chi connectivity index (χ3n) is 3.55. The van der Waals surface area contributed by atoms with Crippen molar-refractivity contribution in [1.82, 2.24) is 24.7 Å². The van der Waals surface area contributed by atoms with Gasteiger partial charge < -0.3 is 10.3 Å². The average Bonchev–Trinajstić information content (AvgIpc) is 3.21. The normalized spacial score (nSPS) is 11.1. The van der Waals surface area contributed by atoms with E-state index < -0.39 is 4.92 Å². The van der Waals surface area contributed by atoms with Gasteiger partial charge in [-0.3, -0.25) is 10.1 Å². The van der Waals surface area contributed by atoms with Gasteiger partial charge in [-0.1, -0.05) is 17.3 Å². The van der Waals surface area contributed by atoms with E-state index in [9.17, 15) is 10.1 Å². The quantitative estimate of drug-likeness (QED) is 0.443. The summed E-state index contributed by atoms with van der Waals surface area (Å²) in [6.07, 6.45) is 0. The molecule has 0 atom stereocenters. The number of hydrogen-bond acceptors (Lipinski definition) is 8. The molecule has 0 fully saturated rings. The molecule has 1 aromatic carbocycles. The molecule has 0 spiro atoms. The summed E-state index contributed by atoms with van der Waals surface area (Å²) < 4.78 is 6.42. The largest absolute Gasteiger partial charge is 0.368 e. The van der Waals surface area contributed by atoms with Crippen LogP contribution >= 0.6 is 0 Å². The Labute approximate surface area is 140 Å². The first-order valence-corrected chi connectivity index (χ1v) is 7.23. The molecule has 0 aliphatic heterocycles. The van der Waals surface area contributed by atoms with E-state index in [0.29, 0.717) is 28.4 Å². The molecule has 0 radical (unpaired) electrons. The van der Waals surface area contributed by atoms with Crippen molar-refractivity contribution in [3.8, 4) is 22.8 Å². The molecule has 3 heterocycles. The minimum Gasteiger partial charge on any atom is -0.368 e. The van der Waals surface area contributed by atoms with Crippen LogP contribution in [0.4, 0.5) is 11.6 Å². The van der Waals surface area contributed by atoms with Crippen LogP contribution in [0.2, 0.25) is 0 Å². The number of nitrogens with zero attached hydrogens (tertiary/aromatic N) is 6. The lowest BCUT2D eigenvalue weighted by Crippen LogP contribution is -2.05. The van der Waals surface area contributed by atoms with Gasteiger partial charge in [0.1, 0.15) is 17.1 Å². The molecule has 0 amide bonds. The Balaban J connectivity index is 1.84. The summed E-state index contributed by atoms with van der Waals surface area (Å²) in [4.78, 5) is 19.0. The highest BCUT2D eigenvalue weighted by Crippen LogP contribution is 2.24. The molecular weight excluding hydrogens is 326 g/mol. The van der Waals surface area contributed by atoms with Crippen molar-refractivity contribution in [2.45, 2.75) is 6.92 Å². The zero-order chi connectivity index (χ0) is 17.6. The molecule has 25 heavy (non-hydrogen) atoms. The molecular formula is C15H11N7O3. The highest BCUT2D eigenvalue weighted by molar-refractivity contribution is 5.66. The molecule has 10 nitrogen and oxygen atoms in total. The number of fused-ring (bicyclic) bond motifs is 1. The van der Waals surface area contributed by atoms with Crippen LogP contribution in [0.1, 0.15) is 5.76 Å². The fourth-order valence-corrected chi connectivity index (χ4v) is 2.41. The topological polar surface area (TPSA) is 138 Å². The van der Waals surface area contributed by atoms with Crippen molar-refractivity contribution in [2.24, 2.45) is 0 Å². The van der Waals surface area contributed by atoms with Gasteiger partial charge in [-0.15, -0.1) is 0 Å². The van der Waals surface area contributed by atoms with E-state index in [-0.39, 0.29) is 17.5 Å². The van der Waals surface area contributed by atoms with Gasteiger partial charge in [0.2, 0.25) is 5.95 Å². The fraction of sp³-hybridized carbons (Fsp3) is 0.0667. The summed E-state index contributed by atoms with van der Waals surface area (Å²) in [6.45, 7) is 1.78. The molecule has 4 aromatic rings. The summed E-state index contributed by atoms with van der Waals surface area (Å²) in [5.74, 6) is 1.04. The first-order valence-electron chi connectivity index (χ1n) is 7.23. The van der Waals surface area contributed by atoms with Crippen molar-refractivity contribution < 1.29 is 9.45 Å². The number of benzene rings is 1. The zero-order valence-electron chi connectivity index (χ0n) is 12.9. The molecule has 0 aliphatic rings. The average molecular weight is 337 g/mol. The third kappa shape index (κ3) is 2.55. The Bertz CT molecular complexity index is 1120. The van der Waals surface area contributed by atoms with Crippen molar-refractivity contribution in [2.75, 3.05) is 5.73 Å². The highest BCUT2D eigenvalue weighted by Gasteiger charge is 2.15. The zero-order valence-corrected chi connectivity index (χ0v) is 12.9. The van der Waals surface area contributed by atoms with Gasteiger partial charge in [0, 0.05) is 29.8 Å². The van der Waals surface area contributed by atoms with Crippen molar-refractivity contribution in [1.29, 1.82) is 0 Å². The Morgan fingerprint density at radius 3 is 2.76 bits per heavy atom. The van der Waals surface area contributed by atoms with Gasteiger partial charge in [0.25, 0.3) is 5.69 Å². The van der Waals surface area contributed by atoms with E-state index in [0.717, 1.165) is 0 Å². The van der Waals surface area contributed by atoms with Crippen LogP contribution < -0.4 is 5.73 Å². The third-order valence-corrected chi connectivity index (χ3v) is 3.55. The number of nitrogens with two attached hydrogens (primary N) is 1. The van der Waals surface area contributed by atoms with Gasteiger partial charge in [-0.25, -0.2) is 4.98 Å². The molecule has 0 aliphatic carbocycles. The summed E-state index contributed by atoms with van der Waals surface area (Å²) in [5, 5.41) is 19.2. The van der Waals surface area contributed by atoms with Crippen LogP contribution in [0.5, 0.6) is 0 Å². The number of aryl methyl sites for hydroxylation is 1. The van der Waals surface area contributed by atoms with Crippen LogP contribution in [0.3, 0.4) is 0 Å². The molecule has 2 N–H and O–H groups in total. The smallest absolute Gasteiger partial charge is 0.270 e. The van der Waals surface area contributed by atoms with E-state index in [1.54, 1.807) is 31.2 Å². The SMILES string of the molecule is Cc1cc(-c2cc3nc(-c4cccc([N+](=O)[O-])c4)nc(N)n3n2)no1. The van der Waals surface area contributed by atoms with Crippen LogP contribution in [0.25, 0.3) is 28.4 Å². The standard InChI is InChI=1S/C15H11N7O3/c1-8-5-12(20-25-8)11-7-13-17-14(18-15(16)21(13)19-11)9-3-2-4-10(6-9)22(23)24/h2-7H,1H3,(H2,16,17,18).